The number of hydrogen-bond acceptors (Lipinski definition) is 5. The maximum Gasteiger partial charge on any atom is 0.255 e. The molecule has 43 heavy (non-hydrogen) atoms. The molecule has 1 fully saturated rings. The topological polar surface area (TPSA) is 155 Å². The molecular weight excluding hydrogens is 547 g/mol. The number of amides is 3. The molecule has 1 aromatic heterocycles. The first kappa shape index (κ1) is 28.1. The lowest BCUT2D eigenvalue weighted by atomic mass is 9.92. The molecule has 9 nitrogen and oxygen atoms in total. The number of H-pyrrole nitrogens is 1. The lowest BCUT2D eigenvalue weighted by Gasteiger charge is -2.21. The standard InChI is InChI=1S/C33H31FN6O3/c34-20-8-6-18(7-9-20)32(42)40-27-5-1-4-22(26(27)16-35)23-12-13-25(31(36)41)30-29(23)24-11-10-21(15-28(24)39-30)38-33(43)19-3-2-14-37-17-19/h1,4-13,15,19,37,39H,2-3,14,16-17,35H2,(H2,36,41)(H,38,43)(H,40,42). The van der Waals surface area contributed by atoms with Crippen molar-refractivity contribution in [1.29, 1.82) is 0 Å². The summed E-state index contributed by atoms with van der Waals surface area (Å²) >= 11 is 0. The fourth-order valence-corrected chi connectivity index (χ4v) is 5.81. The van der Waals surface area contributed by atoms with Gasteiger partial charge in [0.25, 0.3) is 11.8 Å². The number of primary amides is 1. The van der Waals surface area contributed by atoms with Crippen LogP contribution in [0.3, 0.4) is 0 Å². The van der Waals surface area contributed by atoms with Gasteiger partial charge in [-0.2, -0.15) is 0 Å². The van der Waals surface area contributed by atoms with Gasteiger partial charge >= 0.3 is 0 Å². The third-order valence-electron chi connectivity index (χ3n) is 7.98. The van der Waals surface area contributed by atoms with Gasteiger partial charge in [0.2, 0.25) is 5.91 Å². The number of anilines is 2. The van der Waals surface area contributed by atoms with Crippen LogP contribution in [0.25, 0.3) is 32.9 Å². The molecule has 4 aromatic carbocycles. The molecule has 8 N–H and O–H groups in total. The summed E-state index contributed by atoms with van der Waals surface area (Å²) in [5.41, 5.74) is 17.3. The zero-order chi connectivity index (χ0) is 30.1. The molecule has 1 aliphatic heterocycles. The summed E-state index contributed by atoms with van der Waals surface area (Å²) in [6.45, 7) is 1.69. The second-order valence-electron chi connectivity index (χ2n) is 10.7. The monoisotopic (exact) mass is 578 g/mol. The first-order valence-corrected chi connectivity index (χ1v) is 14.1. The van der Waals surface area contributed by atoms with Crippen molar-refractivity contribution < 1.29 is 18.8 Å². The zero-order valence-corrected chi connectivity index (χ0v) is 23.3. The highest BCUT2D eigenvalue weighted by Crippen LogP contribution is 2.40. The number of benzene rings is 4. The van der Waals surface area contributed by atoms with Gasteiger partial charge in [-0.3, -0.25) is 14.4 Å². The fourth-order valence-electron chi connectivity index (χ4n) is 5.81. The zero-order valence-electron chi connectivity index (χ0n) is 23.3. The van der Waals surface area contributed by atoms with Crippen LogP contribution in [0.2, 0.25) is 0 Å². The van der Waals surface area contributed by atoms with Gasteiger partial charge in [0, 0.05) is 46.3 Å². The average molecular weight is 579 g/mol. The first-order chi connectivity index (χ1) is 20.8. The van der Waals surface area contributed by atoms with Crippen molar-refractivity contribution in [3.8, 4) is 11.1 Å². The number of nitrogens with two attached hydrogens (primary N) is 2. The molecule has 2 heterocycles. The molecule has 0 aliphatic carbocycles. The summed E-state index contributed by atoms with van der Waals surface area (Å²) in [6.07, 6.45) is 1.80. The Balaban J connectivity index is 1.42. The SMILES string of the molecule is NCc1c(NC(=O)c2ccc(F)cc2)cccc1-c1ccc(C(N)=O)c2[nH]c3cc(NC(=O)C4CCCNC4)ccc3c12. The lowest BCUT2D eigenvalue weighted by Crippen LogP contribution is -2.37. The summed E-state index contributed by atoms with van der Waals surface area (Å²) in [4.78, 5) is 41.6. The van der Waals surface area contributed by atoms with Crippen LogP contribution in [0.1, 0.15) is 39.1 Å². The summed E-state index contributed by atoms with van der Waals surface area (Å²) in [6, 6.07) is 19.8. The molecule has 0 spiro atoms. The van der Waals surface area contributed by atoms with Gasteiger partial charge in [0.1, 0.15) is 5.82 Å². The molecule has 1 atom stereocenters. The van der Waals surface area contributed by atoms with Crippen LogP contribution in [-0.4, -0.2) is 35.8 Å². The van der Waals surface area contributed by atoms with Gasteiger partial charge in [-0.15, -0.1) is 0 Å². The molecule has 1 aliphatic rings. The molecule has 6 rings (SSSR count). The summed E-state index contributed by atoms with van der Waals surface area (Å²) in [5, 5.41) is 10.8. The van der Waals surface area contributed by atoms with Gasteiger partial charge in [0.05, 0.1) is 17.0 Å². The van der Waals surface area contributed by atoms with Crippen molar-refractivity contribution >= 4 is 50.9 Å². The Hall–Kier alpha value is -5.06. The Morgan fingerprint density at radius 1 is 0.953 bits per heavy atom. The molecule has 0 radical (unpaired) electrons. The van der Waals surface area contributed by atoms with Crippen LogP contribution >= 0.6 is 0 Å². The number of aromatic amines is 1. The van der Waals surface area contributed by atoms with Gasteiger partial charge in [-0.1, -0.05) is 24.3 Å². The highest BCUT2D eigenvalue weighted by molar-refractivity contribution is 6.20. The Bertz CT molecular complexity index is 1880. The van der Waals surface area contributed by atoms with E-state index >= 15 is 0 Å². The smallest absolute Gasteiger partial charge is 0.255 e. The van der Waals surface area contributed by atoms with Crippen molar-refractivity contribution in [2.45, 2.75) is 19.4 Å². The van der Waals surface area contributed by atoms with Crippen LogP contribution in [0, 0.1) is 11.7 Å². The molecule has 3 amide bonds. The second-order valence-corrected chi connectivity index (χ2v) is 10.7. The van der Waals surface area contributed by atoms with E-state index in [-0.39, 0.29) is 18.4 Å². The summed E-state index contributed by atoms with van der Waals surface area (Å²) < 4.78 is 13.4. The Morgan fingerprint density at radius 3 is 2.49 bits per heavy atom. The molecular formula is C33H31FN6O3. The largest absolute Gasteiger partial charge is 0.366 e. The number of aromatic nitrogens is 1. The molecule has 0 bridgehead atoms. The van der Waals surface area contributed by atoms with Crippen molar-refractivity contribution in [3.05, 3.63) is 95.3 Å². The number of carbonyl (C=O) groups is 3. The Kier molecular flexibility index (Phi) is 7.62. The highest BCUT2D eigenvalue weighted by atomic mass is 19.1. The Labute approximate surface area is 246 Å². The molecule has 1 unspecified atom stereocenters. The van der Waals surface area contributed by atoms with E-state index in [1.54, 1.807) is 12.1 Å². The molecule has 10 heteroatoms. The van der Waals surface area contributed by atoms with E-state index in [1.807, 2.05) is 36.4 Å². The van der Waals surface area contributed by atoms with Crippen LogP contribution in [-0.2, 0) is 11.3 Å². The predicted molar refractivity (Wildman–Crippen MR) is 166 cm³/mol. The van der Waals surface area contributed by atoms with E-state index < -0.39 is 17.6 Å². The molecule has 1 saturated heterocycles. The van der Waals surface area contributed by atoms with E-state index in [1.165, 1.54) is 24.3 Å². The van der Waals surface area contributed by atoms with Crippen LogP contribution in [0.5, 0.6) is 0 Å². The van der Waals surface area contributed by atoms with Gasteiger partial charge < -0.3 is 32.4 Å². The van der Waals surface area contributed by atoms with E-state index in [0.29, 0.717) is 40.1 Å². The third kappa shape index (κ3) is 5.45. The quantitative estimate of drug-likeness (QED) is 0.162. The lowest BCUT2D eigenvalue weighted by molar-refractivity contribution is -0.120. The Morgan fingerprint density at radius 2 is 1.77 bits per heavy atom. The van der Waals surface area contributed by atoms with Gasteiger partial charge in [-0.25, -0.2) is 4.39 Å². The minimum Gasteiger partial charge on any atom is -0.366 e. The van der Waals surface area contributed by atoms with E-state index in [4.69, 9.17) is 11.5 Å². The minimum absolute atomic E-state index is 0.0340. The second kappa shape index (κ2) is 11.7. The van der Waals surface area contributed by atoms with Gasteiger partial charge in [0.15, 0.2) is 0 Å². The van der Waals surface area contributed by atoms with Crippen molar-refractivity contribution in [1.82, 2.24) is 10.3 Å². The van der Waals surface area contributed by atoms with Crippen molar-refractivity contribution in [2.75, 3.05) is 23.7 Å². The summed E-state index contributed by atoms with van der Waals surface area (Å²) in [7, 11) is 0. The maximum atomic E-state index is 13.4. The van der Waals surface area contributed by atoms with Crippen LogP contribution in [0.15, 0.2) is 72.8 Å². The highest BCUT2D eigenvalue weighted by Gasteiger charge is 2.23. The van der Waals surface area contributed by atoms with Crippen LogP contribution in [0.4, 0.5) is 15.8 Å². The number of carbonyl (C=O) groups excluding carboxylic acids is 3. The van der Waals surface area contributed by atoms with E-state index in [2.05, 4.69) is 20.9 Å². The number of rotatable bonds is 7. The minimum atomic E-state index is -0.583. The number of hydrogen-bond donors (Lipinski definition) is 6. The number of halogens is 1. The number of fused-ring (bicyclic) bond motifs is 3. The van der Waals surface area contributed by atoms with Crippen LogP contribution < -0.4 is 27.4 Å². The van der Waals surface area contributed by atoms with Crippen molar-refractivity contribution in [2.24, 2.45) is 17.4 Å². The summed E-state index contributed by atoms with van der Waals surface area (Å²) in [5.74, 6) is -1.54. The molecule has 0 saturated carbocycles. The molecule has 218 valence electrons. The fraction of sp³-hybridized carbons (Fsp3) is 0.182. The average Bonchev–Trinajstić information content (AvgIpc) is 3.40. The van der Waals surface area contributed by atoms with Gasteiger partial charge in [-0.05, 0) is 84.6 Å². The predicted octanol–water partition coefficient (Wildman–Crippen LogP) is 4.88. The normalized spacial score (nSPS) is 15.0. The number of piperidine rings is 1. The van der Waals surface area contributed by atoms with E-state index in [0.717, 1.165) is 46.8 Å². The van der Waals surface area contributed by atoms with E-state index in [9.17, 15) is 18.8 Å². The molecule has 5 aromatic rings. The van der Waals surface area contributed by atoms with Crippen molar-refractivity contribution in [3.63, 3.8) is 0 Å². The maximum absolute atomic E-state index is 13.4. The first-order valence-electron chi connectivity index (χ1n) is 14.1. The third-order valence-corrected chi connectivity index (χ3v) is 7.98. The number of nitrogens with one attached hydrogen (secondary N) is 4.